The summed E-state index contributed by atoms with van der Waals surface area (Å²) >= 11 is 0. The van der Waals surface area contributed by atoms with Gasteiger partial charge in [0, 0.05) is 24.8 Å². The van der Waals surface area contributed by atoms with E-state index in [0.717, 1.165) is 38.3 Å². The molecule has 0 aliphatic carbocycles. The van der Waals surface area contributed by atoms with Crippen molar-refractivity contribution in [3.05, 3.63) is 28.8 Å². The molecule has 0 bridgehead atoms. The van der Waals surface area contributed by atoms with E-state index in [4.69, 9.17) is 9.47 Å². The first-order valence-corrected chi connectivity index (χ1v) is 7.64. The lowest BCUT2D eigenvalue weighted by atomic mass is 9.85. The number of benzene rings is 1. The molecule has 0 aromatic heterocycles. The molecule has 1 N–H and O–H groups in total. The van der Waals surface area contributed by atoms with E-state index in [0.29, 0.717) is 12.0 Å². The van der Waals surface area contributed by atoms with Gasteiger partial charge in [-0.05, 0) is 50.3 Å². The summed E-state index contributed by atoms with van der Waals surface area (Å²) in [6.45, 7) is 9.17. The van der Waals surface area contributed by atoms with Crippen molar-refractivity contribution in [2.75, 3.05) is 26.9 Å². The number of aryl methyl sites for hydroxylation is 1. The first-order valence-electron chi connectivity index (χ1n) is 7.64. The third-order valence-electron chi connectivity index (χ3n) is 4.41. The Balaban J connectivity index is 2.35. The standard InChI is InChI=1S/C17H27NO2/c1-5-18-16(14-8-10-20-11-9-14)15-7-6-12(2)13(3)17(15)19-4/h6-7,14,16,18H,5,8-11H2,1-4H3. The maximum Gasteiger partial charge on any atom is 0.126 e. The molecule has 1 aromatic carbocycles. The van der Waals surface area contributed by atoms with Gasteiger partial charge in [0.2, 0.25) is 0 Å². The van der Waals surface area contributed by atoms with Crippen molar-refractivity contribution in [2.24, 2.45) is 5.92 Å². The normalized spacial score (nSPS) is 18.0. The van der Waals surface area contributed by atoms with Gasteiger partial charge in [-0.1, -0.05) is 19.1 Å². The van der Waals surface area contributed by atoms with Crippen LogP contribution in [0.25, 0.3) is 0 Å². The predicted molar refractivity (Wildman–Crippen MR) is 82.4 cm³/mol. The van der Waals surface area contributed by atoms with E-state index < -0.39 is 0 Å². The van der Waals surface area contributed by atoms with Crippen LogP contribution in [0, 0.1) is 19.8 Å². The van der Waals surface area contributed by atoms with Crippen LogP contribution in [0.4, 0.5) is 0 Å². The molecule has 1 atom stereocenters. The number of hydrogen-bond donors (Lipinski definition) is 1. The fraction of sp³-hybridized carbons (Fsp3) is 0.647. The molecule has 1 fully saturated rings. The summed E-state index contributed by atoms with van der Waals surface area (Å²) in [5.74, 6) is 1.67. The summed E-state index contributed by atoms with van der Waals surface area (Å²) in [7, 11) is 1.78. The van der Waals surface area contributed by atoms with Crippen LogP contribution in [0.2, 0.25) is 0 Å². The van der Waals surface area contributed by atoms with Gasteiger partial charge in [-0.25, -0.2) is 0 Å². The monoisotopic (exact) mass is 277 g/mol. The molecule has 112 valence electrons. The van der Waals surface area contributed by atoms with E-state index in [2.05, 4.69) is 38.2 Å². The van der Waals surface area contributed by atoms with Crippen molar-refractivity contribution in [1.29, 1.82) is 0 Å². The van der Waals surface area contributed by atoms with Crippen LogP contribution in [0.5, 0.6) is 5.75 Å². The van der Waals surface area contributed by atoms with Crippen LogP contribution in [-0.4, -0.2) is 26.9 Å². The Hall–Kier alpha value is -1.06. The minimum absolute atomic E-state index is 0.359. The highest BCUT2D eigenvalue weighted by Crippen LogP contribution is 2.37. The zero-order chi connectivity index (χ0) is 14.5. The largest absolute Gasteiger partial charge is 0.496 e. The molecule has 3 heteroatoms. The van der Waals surface area contributed by atoms with E-state index >= 15 is 0 Å². The molecule has 0 amide bonds. The van der Waals surface area contributed by atoms with E-state index in [1.165, 1.54) is 16.7 Å². The second-order valence-electron chi connectivity index (χ2n) is 5.62. The third kappa shape index (κ3) is 3.15. The van der Waals surface area contributed by atoms with E-state index in [9.17, 15) is 0 Å². The highest BCUT2D eigenvalue weighted by molar-refractivity contribution is 5.47. The Morgan fingerprint density at radius 1 is 1.30 bits per heavy atom. The maximum atomic E-state index is 5.70. The van der Waals surface area contributed by atoms with E-state index in [1.807, 2.05) is 0 Å². The van der Waals surface area contributed by atoms with Gasteiger partial charge in [-0.2, -0.15) is 0 Å². The molecule has 2 rings (SSSR count). The van der Waals surface area contributed by atoms with Crippen LogP contribution in [-0.2, 0) is 4.74 Å². The Labute approximate surface area is 122 Å². The smallest absolute Gasteiger partial charge is 0.126 e. The Kier molecular flexibility index (Phi) is 5.44. The minimum atomic E-state index is 0.359. The maximum absolute atomic E-state index is 5.70. The first-order chi connectivity index (χ1) is 9.69. The van der Waals surface area contributed by atoms with Gasteiger partial charge < -0.3 is 14.8 Å². The molecular formula is C17H27NO2. The summed E-state index contributed by atoms with van der Waals surface area (Å²) < 4.78 is 11.2. The van der Waals surface area contributed by atoms with Crippen LogP contribution >= 0.6 is 0 Å². The summed E-state index contributed by atoms with van der Waals surface area (Å²) in [4.78, 5) is 0. The van der Waals surface area contributed by atoms with Crippen LogP contribution in [0.1, 0.15) is 42.5 Å². The molecule has 1 heterocycles. The van der Waals surface area contributed by atoms with Gasteiger partial charge in [0.1, 0.15) is 5.75 Å². The fourth-order valence-corrected chi connectivity index (χ4v) is 3.13. The molecule has 0 saturated carbocycles. The number of methoxy groups -OCH3 is 1. The number of hydrogen-bond acceptors (Lipinski definition) is 3. The molecule has 1 saturated heterocycles. The molecule has 3 nitrogen and oxygen atoms in total. The van der Waals surface area contributed by atoms with Crippen molar-refractivity contribution in [1.82, 2.24) is 5.32 Å². The molecule has 20 heavy (non-hydrogen) atoms. The lowest BCUT2D eigenvalue weighted by Gasteiger charge is -2.32. The Bertz CT molecular complexity index is 439. The third-order valence-corrected chi connectivity index (χ3v) is 4.41. The van der Waals surface area contributed by atoms with Gasteiger partial charge in [0.15, 0.2) is 0 Å². The second-order valence-corrected chi connectivity index (χ2v) is 5.62. The quantitative estimate of drug-likeness (QED) is 0.895. The lowest BCUT2D eigenvalue weighted by molar-refractivity contribution is 0.0535. The van der Waals surface area contributed by atoms with Crippen molar-refractivity contribution < 1.29 is 9.47 Å². The predicted octanol–water partition coefficient (Wildman–Crippen LogP) is 3.39. The summed E-state index contributed by atoms with van der Waals surface area (Å²) in [6, 6.07) is 4.79. The fourth-order valence-electron chi connectivity index (χ4n) is 3.13. The molecule has 0 radical (unpaired) electrons. The van der Waals surface area contributed by atoms with Crippen molar-refractivity contribution >= 4 is 0 Å². The summed E-state index contributed by atoms with van der Waals surface area (Å²) in [5, 5.41) is 3.65. The Morgan fingerprint density at radius 2 is 2.00 bits per heavy atom. The second kappa shape index (κ2) is 7.09. The molecule has 1 aliphatic heterocycles. The van der Waals surface area contributed by atoms with Gasteiger partial charge in [0.25, 0.3) is 0 Å². The van der Waals surface area contributed by atoms with Crippen LogP contribution in [0.3, 0.4) is 0 Å². The highest BCUT2D eigenvalue weighted by atomic mass is 16.5. The highest BCUT2D eigenvalue weighted by Gasteiger charge is 2.27. The summed E-state index contributed by atoms with van der Waals surface area (Å²) in [5.41, 5.74) is 3.83. The van der Waals surface area contributed by atoms with Gasteiger partial charge in [0.05, 0.1) is 7.11 Å². The number of ether oxygens (including phenoxy) is 2. The molecular weight excluding hydrogens is 250 g/mol. The van der Waals surface area contributed by atoms with E-state index in [-0.39, 0.29) is 0 Å². The van der Waals surface area contributed by atoms with Crippen molar-refractivity contribution in [2.45, 2.75) is 39.7 Å². The first kappa shape index (κ1) is 15.3. The minimum Gasteiger partial charge on any atom is -0.496 e. The van der Waals surface area contributed by atoms with Crippen molar-refractivity contribution in [3.63, 3.8) is 0 Å². The SMILES string of the molecule is CCNC(c1ccc(C)c(C)c1OC)C1CCOCC1. The van der Waals surface area contributed by atoms with Gasteiger partial charge >= 0.3 is 0 Å². The molecule has 1 aromatic rings. The lowest BCUT2D eigenvalue weighted by Crippen LogP contribution is -2.32. The van der Waals surface area contributed by atoms with Gasteiger partial charge in [-0.15, -0.1) is 0 Å². The average Bonchev–Trinajstić information content (AvgIpc) is 2.48. The topological polar surface area (TPSA) is 30.5 Å². The van der Waals surface area contributed by atoms with Crippen LogP contribution < -0.4 is 10.1 Å². The van der Waals surface area contributed by atoms with Crippen LogP contribution in [0.15, 0.2) is 12.1 Å². The van der Waals surface area contributed by atoms with Gasteiger partial charge in [-0.3, -0.25) is 0 Å². The molecule has 0 spiro atoms. The zero-order valence-electron chi connectivity index (χ0n) is 13.2. The number of nitrogens with one attached hydrogen (secondary N) is 1. The zero-order valence-corrected chi connectivity index (χ0v) is 13.2. The van der Waals surface area contributed by atoms with Crippen molar-refractivity contribution in [3.8, 4) is 5.75 Å². The summed E-state index contributed by atoms with van der Waals surface area (Å²) in [6.07, 6.45) is 2.24. The molecule has 1 unspecified atom stereocenters. The van der Waals surface area contributed by atoms with E-state index in [1.54, 1.807) is 7.11 Å². The Morgan fingerprint density at radius 3 is 2.60 bits per heavy atom. The molecule has 1 aliphatic rings. The average molecular weight is 277 g/mol. The number of rotatable bonds is 5.